The number of nitrogens with zero attached hydrogens (tertiary/aromatic N) is 2. The summed E-state index contributed by atoms with van der Waals surface area (Å²) < 4.78 is 8.36. The summed E-state index contributed by atoms with van der Waals surface area (Å²) in [6.07, 6.45) is 2.63. The van der Waals surface area contributed by atoms with Crippen LogP contribution < -0.4 is 4.74 Å². The number of hydrogen-bond donors (Lipinski definition) is 1. The van der Waals surface area contributed by atoms with Gasteiger partial charge in [-0.25, -0.2) is 0 Å². The molecule has 1 saturated heterocycles. The van der Waals surface area contributed by atoms with Gasteiger partial charge in [-0.15, -0.1) is 0 Å². The van der Waals surface area contributed by atoms with Crippen molar-refractivity contribution in [2.24, 2.45) is 0 Å². The first-order valence-corrected chi connectivity index (χ1v) is 7.61. The summed E-state index contributed by atoms with van der Waals surface area (Å²) in [5, 5.41) is 0. The lowest BCUT2D eigenvalue weighted by Crippen LogP contribution is -2.33. The Morgan fingerprint density at radius 1 is 1.35 bits per heavy atom. The molecule has 5 heteroatoms. The molecular formula is C15H21N3OS. The van der Waals surface area contributed by atoms with Gasteiger partial charge in [0.1, 0.15) is 11.3 Å². The molecule has 1 aliphatic rings. The lowest BCUT2D eigenvalue weighted by Gasteiger charge is -2.24. The van der Waals surface area contributed by atoms with Crippen molar-refractivity contribution in [1.82, 2.24) is 14.5 Å². The molecule has 1 atom stereocenters. The van der Waals surface area contributed by atoms with Crippen molar-refractivity contribution in [2.75, 3.05) is 20.2 Å². The average Bonchev–Trinajstić information content (AvgIpc) is 3.07. The number of aromatic amines is 1. The zero-order valence-electron chi connectivity index (χ0n) is 12.1. The van der Waals surface area contributed by atoms with Gasteiger partial charge in [0.05, 0.1) is 12.6 Å². The molecule has 0 radical (unpaired) electrons. The molecule has 0 spiro atoms. The number of benzene rings is 1. The topological polar surface area (TPSA) is 33.2 Å². The van der Waals surface area contributed by atoms with E-state index in [0.29, 0.717) is 6.04 Å². The maximum Gasteiger partial charge on any atom is 0.178 e. The van der Waals surface area contributed by atoms with Crippen LogP contribution in [-0.2, 0) is 6.54 Å². The second kappa shape index (κ2) is 5.58. The smallest absolute Gasteiger partial charge is 0.178 e. The van der Waals surface area contributed by atoms with Gasteiger partial charge in [0.2, 0.25) is 0 Å². The predicted octanol–water partition coefficient (Wildman–Crippen LogP) is 3.19. The molecule has 1 N–H and O–H groups in total. The van der Waals surface area contributed by atoms with E-state index in [1.54, 1.807) is 7.11 Å². The van der Waals surface area contributed by atoms with E-state index in [2.05, 4.69) is 27.4 Å². The molecule has 2 aromatic rings. The van der Waals surface area contributed by atoms with Crippen molar-refractivity contribution >= 4 is 23.3 Å². The average molecular weight is 291 g/mol. The lowest BCUT2D eigenvalue weighted by molar-refractivity contribution is 0.237. The van der Waals surface area contributed by atoms with Crippen molar-refractivity contribution < 1.29 is 4.74 Å². The van der Waals surface area contributed by atoms with Crippen LogP contribution >= 0.6 is 12.2 Å². The van der Waals surface area contributed by atoms with Crippen LogP contribution in [0.5, 0.6) is 5.75 Å². The fourth-order valence-electron chi connectivity index (χ4n) is 3.07. The van der Waals surface area contributed by atoms with E-state index in [9.17, 15) is 0 Å². The van der Waals surface area contributed by atoms with E-state index in [1.165, 1.54) is 25.9 Å². The van der Waals surface area contributed by atoms with E-state index in [4.69, 9.17) is 17.0 Å². The second-order valence-electron chi connectivity index (χ2n) is 5.49. The molecule has 4 nitrogen and oxygen atoms in total. The van der Waals surface area contributed by atoms with Gasteiger partial charge < -0.3 is 14.3 Å². The molecule has 0 bridgehead atoms. The molecule has 1 aromatic heterocycles. The summed E-state index contributed by atoms with van der Waals surface area (Å²) >= 11 is 5.49. The maximum atomic E-state index is 5.49. The standard InChI is InChI=1S/C15H21N3OS/c1-11(17-8-3-4-9-17)10-18-12-6-5-7-13(19-2)14(12)16-15(18)20/h5-7,11H,3-4,8-10H2,1-2H3,(H,16,20). The number of hydrogen-bond acceptors (Lipinski definition) is 3. The zero-order valence-corrected chi connectivity index (χ0v) is 12.9. The Kier molecular flexibility index (Phi) is 3.81. The van der Waals surface area contributed by atoms with Crippen molar-refractivity contribution in [3.63, 3.8) is 0 Å². The number of H-pyrrole nitrogens is 1. The molecule has 3 rings (SSSR count). The zero-order chi connectivity index (χ0) is 14.1. The number of fused-ring (bicyclic) bond motifs is 1. The van der Waals surface area contributed by atoms with Crippen LogP contribution in [0.2, 0.25) is 0 Å². The van der Waals surface area contributed by atoms with Gasteiger partial charge in [0.15, 0.2) is 4.77 Å². The third-order valence-corrected chi connectivity index (χ3v) is 4.53. The highest BCUT2D eigenvalue weighted by atomic mass is 32.1. The number of rotatable bonds is 4. The van der Waals surface area contributed by atoms with Gasteiger partial charge in [-0.3, -0.25) is 4.90 Å². The minimum absolute atomic E-state index is 0.509. The largest absolute Gasteiger partial charge is 0.494 e. The Hall–Kier alpha value is -1.33. The van der Waals surface area contributed by atoms with E-state index in [-0.39, 0.29) is 0 Å². The number of ether oxygens (including phenoxy) is 1. The van der Waals surface area contributed by atoms with Gasteiger partial charge in [0, 0.05) is 12.6 Å². The van der Waals surface area contributed by atoms with Gasteiger partial charge >= 0.3 is 0 Å². The molecule has 1 fully saturated rings. The first-order valence-electron chi connectivity index (χ1n) is 7.20. The molecule has 1 aromatic carbocycles. The summed E-state index contributed by atoms with van der Waals surface area (Å²) in [5.74, 6) is 0.848. The Balaban J connectivity index is 1.95. The summed E-state index contributed by atoms with van der Waals surface area (Å²) in [6.45, 7) is 5.62. The highest BCUT2D eigenvalue weighted by Crippen LogP contribution is 2.25. The van der Waals surface area contributed by atoms with Crippen molar-refractivity contribution in [1.29, 1.82) is 0 Å². The van der Waals surface area contributed by atoms with Gasteiger partial charge in [-0.2, -0.15) is 0 Å². The summed E-state index contributed by atoms with van der Waals surface area (Å²) in [7, 11) is 1.69. The first kappa shape index (κ1) is 13.6. The lowest BCUT2D eigenvalue weighted by atomic mass is 10.2. The fourth-order valence-corrected chi connectivity index (χ4v) is 3.34. The van der Waals surface area contributed by atoms with E-state index >= 15 is 0 Å². The Labute approximate surface area is 124 Å². The number of aromatic nitrogens is 2. The maximum absolute atomic E-state index is 5.49. The quantitative estimate of drug-likeness (QED) is 0.878. The molecular weight excluding hydrogens is 270 g/mol. The molecule has 1 aliphatic heterocycles. The fraction of sp³-hybridized carbons (Fsp3) is 0.533. The molecule has 0 amide bonds. The van der Waals surface area contributed by atoms with Gasteiger partial charge in [-0.1, -0.05) is 6.07 Å². The number of para-hydroxylation sites is 1. The number of imidazole rings is 1. The monoisotopic (exact) mass is 291 g/mol. The molecule has 0 saturated carbocycles. The predicted molar refractivity (Wildman–Crippen MR) is 83.9 cm³/mol. The van der Waals surface area contributed by atoms with E-state index in [1.807, 2.05) is 12.1 Å². The summed E-state index contributed by atoms with van der Waals surface area (Å²) in [5.41, 5.74) is 2.12. The van der Waals surface area contributed by atoms with Crippen LogP contribution in [0.1, 0.15) is 19.8 Å². The minimum Gasteiger partial charge on any atom is -0.494 e. The van der Waals surface area contributed by atoms with E-state index in [0.717, 1.165) is 28.1 Å². The molecule has 0 aliphatic carbocycles. The Morgan fingerprint density at radius 3 is 2.80 bits per heavy atom. The van der Waals surface area contributed by atoms with Gasteiger partial charge in [-0.05, 0) is 57.2 Å². The number of likely N-dealkylation sites (tertiary alicyclic amines) is 1. The molecule has 20 heavy (non-hydrogen) atoms. The third kappa shape index (κ3) is 2.36. The summed E-state index contributed by atoms with van der Waals surface area (Å²) in [4.78, 5) is 5.82. The van der Waals surface area contributed by atoms with Crippen molar-refractivity contribution in [2.45, 2.75) is 32.4 Å². The normalized spacial score (nSPS) is 17.7. The third-order valence-electron chi connectivity index (χ3n) is 4.20. The van der Waals surface area contributed by atoms with Crippen LogP contribution in [0.4, 0.5) is 0 Å². The molecule has 1 unspecified atom stereocenters. The first-order chi connectivity index (χ1) is 9.70. The van der Waals surface area contributed by atoms with Crippen LogP contribution in [0, 0.1) is 4.77 Å². The Morgan fingerprint density at radius 2 is 2.10 bits per heavy atom. The molecule has 108 valence electrons. The Bertz CT molecular complexity index is 655. The van der Waals surface area contributed by atoms with Crippen molar-refractivity contribution in [3.8, 4) is 5.75 Å². The van der Waals surface area contributed by atoms with Crippen LogP contribution in [0.15, 0.2) is 18.2 Å². The molecule has 2 heterocycles. The summed E-state index contributed by atoms with van der Waals surface area (Å²) in [6, 6.07) is 6.58. The van der Waals surface area contributed by atoms with Crippen LogP contribution in [0.3, 0.4) is 0 Å². The minimum atomic E-state index is 0.509. The highest BCUT2D eigenvalue weighted by molar-refractivity contribution is 7.71. The van der Waals surface area contributed by atoms with E-state index < -0.39 is 0 Å². The van der Waals surface area contributed by atoms with Crippen molar-refractivity contribution in [3.05, 3.63) is 23.0 Å². The van der Waals surface area contributed by atoms with Gasteiger partial charge in [0.25, 0.3) is 0 Å². The van der Waals surface area contributed by atoms with Crippen LogP contribution in [-0.4, -0.2) is 40.7 Å². The number of methoxy groups -OCH3 is 1. The second-order valence-corrected chi connectivity index (χ2v) is 5.87. The van der Waals surface area contributed by atoms with Crippen LogP contribution in [0.25, 0.3) is 11.0 Å². The SMILES string of the molecule is COc1cccc2c1[nH]c(=S)n2CC(C)N1CCCC1. The number of nitrogens with one attached hydrogen (secondary N) is 1. The highest BCUT2D eigenvalue weighted by Gasteiger charge is 2.19.